The van der Waals surface area contributed by atoms with Gasteiger partial charge in [0.15, 0.2) is 0 Å². The van der Waals surface area contributed by atoms with Crippen molar-refractivity contribution in [3.8, 4) is 0 Å². The standard InChI is InChI=1S/C22H20FN3O3S/c1-17-7-13-21(14-8-17)30(28,29)26(20-5-3-2-4-6-20)16-22(27)25-24-15-18-9-11-19(23)12-10-18/h2-15H,16H2,1H3,(H,25,27)/b24-15-. The lowest BCUT2D eigenvalue weighted by molar-refractivity contribution is -0.119. The van der Waals surface area contributed by atoms with Crippen LogP contribution in [0.3, 0.4) is 0 Å². The van der Waals surface area contributed by atoms with E-state index < -0.39 is 22.5 Å². The highest BCUT2D eigenvalue weighted by Crippen LogP contribution is 2.23. The molecule has 0 aliphatic carbocycles. The molecule has 0 atom stereocenters. The fourth-order valence-electron chi connectivity index (χ4n) is 2.64. The molecule has 1 amide bonds. The van der Waals surface area contributed by atoms with Crippen LogP contribution < -0.4 is 9.73 Å². The maximum absolute atomic E-state index is 13.2. The molecule has 0 aliphatic rings. The molecule has 3 aromatic rings. The van der Waals surface area contributed by atoms with Gasteiger partial charge in [0.1, 0.15) is 12.4 Å². The summed E-state index contributed by atoms with van der Waals surface area (Å²) in [5.74, 6) is -0.996. The van der Waals surface area contributed by atoms with E-state index in [2.05, 4.69) is 10.5 Å². The lowest BCUT2D eigenvalue weighted by Crippen LogP contribution is -2.39. The summed E-state index contributed by atoms with van der Waals surface area (Å²) in [5.41, 5.74) is 4.18. The first-order valence-electron chi connectivity index (χ1n) is 9.08. The topological polar surface area (TPSA) is 78.8 Å². The van der Waals surface area contributed by atoms with Gasteiger partial charge in [-0.15, -0.1) is 0 Å². The van der Waals surface area contributed by atoms with Gasteiger partial charge in [-0.05, 0) is 48.9 Å². The molecule has 3 aromatic carbocycles. The number of carbonyl (C=O) groups excluding carboxylic acids is 1. The molecule has 0 spiro atoms. The van der Waals surface area contributed by atoms with Gasteiger partial charge in [0.2, 0.25) is 0 Å². The van der Waals surface area contributed by atoms with E-state index in [-0.39, 0.29) is 10.7 Å². The third-order valence-electron chi connectivity index (χ3n) is 4.21. The number of hydrogen-bond donors (Lipinski definition) is 1. The van der Waals surface area contributed by atoms with Crippen molar-refractivity contribution >= 4 is 27.8 Å². The molecule has 0 fully saturated rings. The molecule has 8 heteroatoms. The van der Waals surface area contributed by atoms with Crippen LogP contribution >= 0.6 is 0 Å². The number of hydrogen-bond acceptors (Lipinski definition) is 4. The summed E-state index contributed by atoms with van der Waals surface area (Å²) in [6.45, 7) is 1.40. The SMILES string of the molecule is Cc1ccc(S(=O)(=O)N(CC(=O)N/N=C\c2ccc(F)cc2)c2ccccc2)cc1. The van der Waals surface area contributed by atoms with Gasteiger partial charge in [-0.25, -0.2) is 18.2 Å². The quantitative estimate of drug-likeness (QED) is 0.465. The van der Waals surface area contributed by atoms with Crippen molar-refractivity contribution in [2.75, 3.05) is 10.8 Å². The second-order valence-corrected chi connectivity index (χ2v) is 8.37. The number of aryl methyl sites for hydroxylation is 1. The smallest absolute Gasteiger partial charge is 0.264 e. The highest BCUT2D eigenvalue weighted by molar-refractivity contribution is 7.92. The molecule has 0 saturated carbocycles. The molecule has 0 heterocycles. The lowest BCUT2D eigenvalue weighted by Gasteiger charge is -2.23. The number of carbonyl (C=O) groups is 1. The number of hydrazone groups is 1. The van der Waals surface area contributed by atoms with Gasteiger partial charge in [0, 0.05) is 0 Å². The first-order valence-corrected chi connectivity index (χ1v) is 10.5. The minimum absolute atomic E-state index is 0.0829. The number of nitrogens with one attached hydrogen (secondary N) is 1. The summed E-state index contributed by atoms with van der Waals surface area (Å²) in [4.78, 5) is 12.5. The summed E-state index contributed by atoms with van der Waals surface area (Å²) in [7, 11) is -3.97. The average Bonchev–Trinajstić information content (AvgIpc) is 2.74. The second-order valence-electron chi connectivity index (χ2n) is 6.51. The molecular formula is C22H20FN3O3S. The van der Waals surface area contributed by atoms with Crippen molar-refractivity contribution in [1.82, 2.24) is 5.43 Å². The Morgan fingerprint density at radius 2 is 1.63 bits per heavy atom. The van der Waals surface area contributed by atoms with Crippen LogP contribution in [0.25, 0.3) is 0 Å². The van der Waals surface area contributed by atoms with Crippen LogP contribution in [-0.4, -0.2) is 27.1 Å². The summed E-state index contributed by atoms with van der Waals surface area (Å²) in [5, 5.41) is 3.82. The maximum Gasteiger partial charge on any atom is 0.264 e. The number of halogens is 1. The fraction of sp³-hybridized carbons (Fsp3) is 0.0909. The molecule has 0 unspecified atom stereocenters. The van der Waals surface area contributed by atoms with E-state index in [4.69, 9.17) is 0 Å². The molecule has 0 radical (unpaired) electrons. The third-order valence-corrected chi connectivity index (χ3v) is 6.00. The number of amides is 1. The van der Waals surface area contributed by atoms with Crippen molar-refractivity contribution in [3.63, 3.8) is 0 Å². The summed E-state index contributed by atoms with van der Waals surface area (Å²) < 4.78 is 40.3. The zero-order chi connectivity index (χ0) is 21.6. The van der Waals surface area contributed by atoms with Crippen molar-refractivity contribution in [3.05, 3.63) is 95.8 Å². The molecule has 3 rings (SSSR count). The maximum atomic E-state index is 13.2. The molecule has 6 nitrogen and oxygen atoms in total. The number of anilines is 1. The number of nitrogens with zero attached hydrogens (tertiary/aromatic N) is 2. The van der Waals surface area contributed by atoms with Gasteiger partial charge in [-0.3, -0.25) is 9.10 Å². The highest BCUT2D eigenvalue weighted by atomic mass is 32.2. The van der Waals surface area contributed by atoms with Crippen molar-refractivity contribution < 1.29 is 17.6 Å². The van der Waals surface area contributed by atoms with Gasteiger partial charge < -0.3 is 0 Å². The predicted octanol–water partition coefficient (Wildman–Crippen LogP) is 3.48. The van der Waals surface area contributed by atoms with E-state index in [1.165, 1.54) is 42.6 Å². The largest absolute Gasteiger partial charge is 0.271 e. The monoisotopic (exact) mass is 425 g/mol. The molecule has 30 heavy (non-hydrogen) atoms. The lowest BCUT2D eigenvalue weighted by atomic mass is 10.2. The first-order chi connectivity index (χ1) is 14.4. The van der Waals surface area contributed by atoms with Crippen LogP contribution in [0.2, 0.25) is 0 Å². The molecular weight excluding hydrogens is 405 g/mol. The minimum Gasteiger partial charge on any atom is -0.271 e. The zero-order valence-corrected chi connectivity index (χ0v) is 17.0. The molecule has 0 saturated heterocycles. The van der Waals surface area contributed by atoms with E-state index in [9.17, 15) is 17.6 Å². The Hall–Kier alpha value is -3.52. The number of benzene rings is 3. The highest BCUT2D eigenvalue weighted by Gasteiger charge is 2.27. The van der Waals surface area contributed by atoms with Gasteiger partial charge in [0.25, 0.3) is 15.9 Å². The Balaban J connectivity index is 1.80. The van der Waals surface area contributed by atoms with Crippen molar-refractivity contribution in [1.29, 1.82) is 0 Å². The van der Waals surface area contributed by atoms with Gasteiger partial charge in [-0.2, -0.15) is 5.10 Å². The van der Waals surface area contributed by atoms with E-state index in [1.807, 2.05) is 6.92 Å². The van der Waals surface area contributed by atoms with E-state index in [0.29, 0.717) is 11.3 Å². The summed E-state index contributed by atoms with van der Waals surface area (Å²) in [6, 6.07) is 20.3. The Bertz CT molecular complexity index is 1130. The Kier molecular flexibility index (Phi) is 6.58. The van der Waals surface area contributed by atoms with E-state index >= 15 is 0 Å². The van der Waals surface area contributed by atoms with Crippen LogP contribution in [0.15, 0.2) is 88.9 Å². The zero-order valence-electron chi connectivity index (χ0n) is 16.2. The number of rotatable bonds is 7. The van der Waals surface area contributed by atoms with Crippen LogP contribution in [-0.2, 0) is 14.8 Å². The Labute approximate surface area is 174 Å². The predicted molar refractivity (Wildman–Crippen MR) is 114 cm³/mol. The van der Waals surface area contributed by atoms with Crippen molar-refractivity contribution in [2.45, 2.75) is 11.8 Å². The second kappa shape index (κ2) is 9.32. The van der Waals surface area contributed by atoms with Crippen molar-refractivity contribution in [2.24, 2.45) is 5.10 Å². The fourth-order valence-corrected chi connectivity index (χ4v) is 4.06. The normalized spacial score (nSPS) is 11.4. The van der Waals surface area contributed by atoms with Gasteiger partial charge in [-0.1, -0.05) is 48.0 Å². The van der Waals surface area contributed by atoms with E-state index in [0.717, 1.165) is 9.87 Å². The van der Waals surface area contributed by atoms with Crippen LogP contribution in [0.1, 0.15) is 11.1 Å². The number of sulfonamides is 1. The summed E-state index contributed by atoms with van der Waals surface area (Å²) in [6.07, 6.45) is 1.35. The Morgan fingerprint density at radius 1 is 1.00 bits per heavy atom. The van der Waals surface area contributed by atoms with E-state index in [1.54, 1.807) is 42.5 Å². The Morgan fingerprint density at radius 3 is 2.27 bits per heavy atom. The molecule has 1 N–H and O–H groups in total. The van der Waals surface area contributed by atoms with Gasteiger partial charge in [0.05, 0.1) is 16.8 Å². The molecule has 154 valence electrons. The number of para-hydroxylation sites is 1. The first kappa shape index (κ1) is 21.2. The molecule has 0 bridgehead atoms. The van der Waals surface area contributed by atoms with Crippen LogP contribution in [0.5, 0.6) is 0 Å². The molecule has 0 aliphatic heterocycles. The minimum atomic E-state index is -3.97. The van der Waals surface area contributed by atoms with Crippen LogP contribution in [0.4, 0.5) is 10.1 Å². The summed E-state index contributed by atoms with van der Waals surface area (Å²) >= 11 is 0. The van der Waals surface area contributed by atoms with Crippen LogP contribution in [0, 0.1) is 12.7 Å². The van der Waals surface area contributed by atoms with Gasteiger partial charge >= 0.3 is 0 Å². The molecule has 0 aromatic heterocycles. The average molecular weight is 425 g/mol. The third kappa shape index (κ3) is 5.30.